The first-order valence-corrected chi connectivity index (χ1v) is 12.6. The van der Waals surface area contributed by atoms with Gasteiger partial charge in [-0.15, -0.1) is 0 Å². The number of carbonyl (C=O) groups excluding carboxylic acids is 1. The summed E-state index contributed by atoms with van der Waals surface area (Å²) in [6.07, 6.45) is 0. The summed E-state index contributed by atoms with van der Waals surface area (Å²) in [6.45, 7) is 0.397. The van der Waals surface area contributed by atoms with Gasteiger partial charge >= 0.3 is 0 Å². The van der Waals surface area contributed by atoms with E-state index in [1.165, 1.54) is 0 Å². The van der Waals surface area contributed by atoms with Gasteiger partial charge < -0.3 is 24.5 Å². The molecule has 1 aliphatic rings. The summed E-state index contributed by atoms with van der Waals surface area (Å²) in [7, 11) is 4.87. The van der Waals surface area contributed by atoms with Gasteiger partial charge in [0.15, 0.2) is 5.72 Å². The van der Waals surface area contributed by atoms with Gasteiger partial charge in [0.2, 0.25) is 5.95 Å². The highest BCUT2D eigenvalue weighted by Gasteiger charge is 2.51. The first kappa shape index (κ1) is 24.5. The fourth-order valence-electron chi connectivity index (χ4n) is 5.29. The molecule has 6 rings (SSSR count). The number of H-pyrrole nitrogens is 1. The number of anilines is 2. The third-order valence-corrected chi connectivity index (χ3v) is 7.11. The largest absolute Gasteiger partial charge is 0.497 e. The molecule has 1 amide bonds. The van der Waals surface area contributed by atoms with Crippen molar-refractivity contribution in [3.05, 3.63) is 113 Å². The van der Waals surface area contributed by atoms with Crippen LogP contribution in [0.4, 0.5) is 11.6 Å². The summed E-state index contributed by atoms with van der Waals surface area (Å²) in [5, 5.41) is 3.30. The Kier molecular flexibility index (Phi) is 6.17. The van der Waals surface area contributed by atoms with Gasteiger partial charge in [-0.05, 0) is 23.8 Å². The minimum Gasteiger partial charge on any atom is -0.497 e. The van der Waals surface area contributed by atoms with Crippen LogP contribution in [-0.2, 0) is 17.0 Å². The van der Waals surface area contributed by atoms with E-state index in [2.05, 4.69) is 10.3 Å². The zero-order valence-electron chi connectivity index (χ0n) is 21.9. The summed E-state index contributed by atoms with van der Waals surface area (Å²) in [4.78, 5) is 23.6. The maximum atomic E-state index is 13.7. The highest BCUT2D eigenvalue weighted by atomic mass is 16.5. The quantitative estimate of drug-likeness (QED) is 0.268. The smallest absolute Gasteiger partial charge is 0.257 e. The predicted octanol–water partition coefficient (Wildman–Crippen LogP) is 5.83. The number of rotatable bonds is 8. The first-order chi connectivity index (χ1) is 19.0. The van der Waals surface area contributed by atoms with E-state index in [4.69, 9.17) is 19.2 Å². The lowest BCUT2D eigenvalue weighted by molar-refractivity contribution is -0.0863. The van der Waals surface area contributed by atoms with Crippen molar-refractivity contribution in [2.24, 2.45) is 0 Å². The van der Waals surface area contributed by atoms with Crippen LogP contribution in [0.1, 0.15) is 27.0 Å². The fraction of sp³-hybridized carbons (Fsp3) is 0.161. The third kappa shape index (κ3) is 4.15. The Morgan fingerprint density at radius 3 is 2.31 bits per heavy atom. The molecule has 8 heteroatoms. The molecular weight excluding hydrogens is 492 g/mol. The first-order valence-electron chi connectivity index (χ1n) is 12.6. The molecule has 0 fully saturated rings. The van der Waals surface area contributed by atoms with Crippen molar-refractivity contribution in [3.63, 3.8) is 0 Å². The number of ether oxygens (including phenoxy) is 3. The lowest BCUT2D eigenvalue weighted by Gasteiger charge is -2.38. The third-order valence-electron chi connectivity index (χ3n) is 7.11. The van der Waals surface area contributed by atoms with E-state index in [1.807, 2.05) is 91.0 Å². The monoisotopic (exact) mass is 520 g/mol. The Labute approximate surface area is 226 Å². The number of nitrogens with zero attached hydrogens (tertiary/aromatic N) is 2. The van der Waals surface area contributed by atoms with Gasteiger partial charge in [-0.2, -0.15) is 0 Å². The summed E-state index contributed by atoms with van der Waals surface area (Å²) < 4.78 is 17.1. The molecule has 1 aromatic heterocycles. The normalized spacial score (nSPS) is 16.4. The topological polar surface area (TPSA) is 88.7 Å². The zero-order chi connectivity index (χ0) is 27.0. The number of aromatic nitrogens is 2. The molecule has 4 aromatic carbocycles. The average molecular weight is 521 g/mol. The van der Waals surface area contributed by atoms with Gasteiger partial charge in [-0.1, -0.05) is 54.6 Å². The van der Waals surface area contributed by atoms with E-state index in [1.54, 1.807) is 26.2 Å². The van der Waals surface area contributed by atoms with Crippen LogP contribution in [-0.4, -0.2) is 42.1 Å². The van der Waals surface area contributed by atoms with Gasteiger partial charge in [0.25, 0.3) is 5.91 Å². The van der Waals surface area contributed by atoms with Crippen LogP contribution in [0.5, 0.6) is 11.5 Å². The molecule has 8 nitrogen and oxygen atoms in total. The lowest BCUT2D eigenvalue weighted by atomic mass is 9.93. The number of amides is 1. The molecule has 0 spiro atoms. The molecule has 0 bridgehead atoms. The number of methoxy groups -OCH3 is 3. The molecule has 0 radical (unpaired) electrons. The van der Waals surface area contributed by atoms with Gasteiger partial charge in [0, 0.05) is 54.2 Å². The number of carbonyl (C=O) groups is 1. The second kappa shape index (κ2) is 9.81. The Balaban J connectivity index is 1.42. The molecule has 0 aliphatic carbocycles. The Morgan fingerprint density at radius 1 is 0.872 bits per heavy atom. The van der Waals surface area contributed by atoms with E-state index >= 15 is 0 Å². The molecule has 2 N–H and O–H groups in total. The number of aromatic amines is 1. The minimum absolute atomic E-state index is 0.0738. The van der Waals surface area contributed by atoms with Crippen molar-refractivity contribution in [2.45, 2.75) is 12.3 Å². The van der Waals surface area contributed by atoms with E-state index in [-0.39, 0.29) is 5.91 Å². The second-order valence-corrected chi connectivity index (χ2v) is 9.31. The van der Waals surface area contributed by atoms with Crippen LogP contribution in [0, 0.1) is 0 Å². The number of hydrogen-bond donors (Lipinski definition) is 2. The zero-order valence-corrected chi connectivity index (χ0v) is 21.9. The van der Waals surface area contributed by atoms with Crippen LogP contribution in [0.2, 0.25) is 0 Å². The highest BCUT2D eigenvalue weighted by molar-refractivity contribution is 6.00. The van der Waals surface area contributed by atoms with E-state index in [9.17, 15) is 4.79 Å². The van der Waals surface area contributed by atoms with Crippen molar-refractivity contribution in [1.82, 2.24) is 14.9 Å². The maximum Gasteiger partial charge on any atom is 0.257 e. The average Bonchev–Trinajstić information content (AvgIpc) is 3.49. The number of benzene rings is 4. The number of fused-ring (bicyclic) bond motifs is 2. The summed E-state index contributed by atoms with van der Waals surface area (Å²) in [6, 6.07) is 29.0. The summed E-state index contributed by atoms with van der Waals surface area (Å²) in [5.74, 6) is 1.82. The van der Waals surface area contributed by atoms with Crippen molar-refractivity contribution in [3.8, 4) is 11.5 Å². The fourth-order valence-corrected chi connectivity index (χ4v) is 5.29. The second-order valence-electron chi connectivity index (χ2n) is 9.31. The van der Waals surface area contributed by atoms with E-state index < -0.39 is 5.72 Å². The molecular formula is C31H28N4O4. The van der Waals surface area contributed by atoms with Crippen LogP contribution < -0.4 is 14.8 Å². The van der Waals surface area contributed by atoms with E-state index in [0.717, 1.165) is 33.4 Å². The molecule has 196 valence electrons. The SMILES string of the molecule is COc1cc(Nc2nc3ccc(C4(OC)c5ccccc5C(=O)N4Cc4ccccc4)cc3[nH]2)cc(OC)c1. The molecule has 5 aromatic rings. The number of nitrogens with one attached hydrogen (secondary N) is 2. The number of hydrogen-bond acceptors (Lipinski definition) is 6. The van der Waals surface area contributed by atoms with Crippen LogP contribution in [0.25, 0.3) is 11.0 Å². The molecule has 0 saturated heterocycles. The molecule has 1 atom stereocenters. The Morgan fingerprint density at radius 2 is 1.59 bits per heavy atom. The molecule has 39 heavy (non-hydrogen) atoms. The number of imidazole rings is 1. The Bertz CT molecular complexity index is 1640. The maximum absolute atomic E-state index is 13.7. The molecule has 0 saturated carbocycles. The lowest BCUT2D eigenvalue weighted by Crippen LogP contribution is -2.45. The van der Waals surface area contributed by atoms with Gasteiger partial charge in [0.1, 0.15) is 11.5 Å². The standard InChI is InChI=1S/C31H28N4O4/c1-37-23-16-22(17-24(18-23)38-2)32-30-33-27-14-13-21(15-28(27)34-30)31(39-3)26-12-8-7-11-25(26)29(36)35(31)19-20-9-5-4-6-10-20/h4-18H,19H2,1-3H3,(H2,32,33,34). The predicted molar refractivity (Wildman–Crippen MR) is 149 cm³/mol. The summed E-state index contributed by atoms with van der Waals surface area (Å²) in [5.41, 5.74) is 4.53. The van der Waals surface area contributed by atoms with Crippen molar-refractivity contribution < 1.29 is 19.0 Å². The van der Waals surface area contributed by atoms with Crippen LogP contribution in [0.15, 0.2) is 91.0 Å². The van der Waals surface area contributed by atoms with E-state index in [0.29, 0.717) is 29.6 Å². The Hall–Kier alpha value is -4.82. The highest BCUT2D eigenvalue weighted by Crippen LogP contribution is 2.46. The van der Waals surface area contributed by atoms with Gasteiger partial charge in [0.05, 0.1) is 25.3 Å². The van der Waals surface area contributed by atoms with Gasteiger partial charge in [-0.3, -0.25) is 9.69 Å². The van der Waals surface area contributed by atoms with Crippen LogP contribution in [0.3, 0.4) is 0 Å². The summed E-state index contributed by atoms with van der Waals surface area (Å²) >= 11 is 0. The molecule has 2 heterocycles. The van der Waals surface area contributed by atoms with Crippen molar-refractivity contribution >= 4 is 28.6 Å². The van der Waals surface area contributed by atoms with Crippen molar-refractivity contribution in [1.29, 1.82) is 0 Å². The minimum atomic E-state index is -1.10. The van der Waals surface area contributed by atoms with Crippen LogP contribution >= 0.6 is 0 Å². The van der Waals surface area contributed by atoms with Crippen molar-refractivity contribution in [2.75, 3.05) is 26.6 Å². The molecule has 1 unspecified atom stereocenters. The molecule has 1 aliphatic heterocycles. The van der Waals surface area contributed by atoms with Gasteiger partial charge in [-0.25, -0.2) is 4.98 Å².